The van der Waals surface area contributed by atoms with Crippen LogP contribution in [0.1, 0.15) is 22.8 Å². The van der Waals surface area contributed by atoms with Gasteiger partial charge in [0.25, 0.3) is 5.91 Å². The van der Waals surface area contributed by atoms with E-state index in [2.05, 4.69) is 15.4 Å². The molecule has 0 bridgehead atoms. The standard InChI is InChI=1S/C13H12ClF3N4O/c1-8(5-21-7-18-6-19-21)20-12(22)9-2-10(13(15,16)17)4-11(14)3-9/h2-4,6-8H,5H2,1H3,(H,20,22)/t8-/m1/s1. The molecule has 22 heavy (non-hydrogen) atoms. The molecule has 1 amide bonds. The molecule has 0 aliphatic heterocycles. The van der Waals surface area contributed by atoms with Gasteiger partial charge in [-0.1, -0.05) is 11.6 Å². The largest absolute Gasteiger partial charge is 0.416 e. The van der Waals surface area contributed by atoms with E-state index in [4.69, 9.17) is 11.6 Å². The molecule has 0 saturated heterocycles. The Labute approximate surface area is 129 Å². The molecule has 1 aromatic heterocycles. The number of nitrogens with zero attached hydrogens (tertiary/aromatic N) is 3. The smallest absolute Gasteiger partial charge is 0.348 e. The summed E-state index contributed by atoms with van der Waals surface area (Å²) in [5.41, 5.74) is -1.11. The topological polar surface area (TPSA) is 59.8 Å². The SMILES string of the molecule is C[C@H](Cn1cncn1)NC(=O)c1cc(Cl)cc(C(F)(F)F)c1. The minimum atomic E-state index is -4.56. The summed E-state index contributed by atoms with van der Waals surface area (Å²) in [6.07, 6.45) is -1.74. The molecule has 0 spiro atoms. The van der Waals surface area contributed by atoms with E-state index in [-0.39, 0.29) is 16.6 Å². The van der Waals surface area contributed by atoms with Crippen LogP contribution in [0.3, 0.4) is 0 Å². The van der Waals surface area contributed by atoms with Crippen molar-refractivity contribution in [1.82, 2.24) is 20.1 Å². The van der Waals surface area contributed by atoms with Crippen LogP contribution >= 0.6 is 11.6 Å². The van der Waals surface area contributed by atoms with Crippen LogP contribution in [0.5, 0.6) is 0 Å². The second kappa shape index (κ2) is 6.35. The van der Waals surface area contributed by atoms with E-state index >= 15 is 0 Å². The summed E-state index contributed by atoms with van der Waals surface area (Å²) in [5, 5.41) is 6.32. The Morgan fingerprint density at radius 3 is 2.73 bits per heavy atom. The molecule has 5 nitrogen and oxygen atoms in total. The van der Waals surface area contributed by atoms with Crippen LogP contribution in [0, 0.1) is 0 Å². The fourth-order valence-corrected chi connectivity index (χ4v) is 2.08. The fourth-order valence-electron chi connectivity index (χ4n) is 1.84. The highest BCUT2D eigenvalue weighted by molar-refractivity contribution is 6.31. The zero-order valence-corrected chi connectivity index (χ0v) is 12.2. The van der Waals surface area contributed by atoms with E-state index in [0.717, 1.165) is 12.1 Å². The van der Waals surface area contributed by atoms with Gasteiger partial charge in [0.1, 0.15) is 12.7 Å². The van der Waals surface area contributed by atoms with Crippen molar-refractivity contribution in [3.05, 3.63) is 47.0 Å². The van der Waals surface area contributed by atoms with Gasteiger partial charge in [-0.3, -0.25) is 9.48 Å². The summed E-state index contributed by atoms with van der Waals surface area (Å²) in [6, 6.07) is 2.39. The molecule has 2 aromatic rings. The molecule has 0 saturated carbocycles. The molecule has 0 unspecified atom stereocenters. The van der Waals surface area contributed by atoms with Crippen LogP contribution in [-0.2, 0) is 12.7 Å². The highest BCUT2D eigenvalue weighted by atomic mass is 35.5. The highest BCUT2D eigenvalue weighted by Gasteiger charge is 2.31. The van der Waals surface area contributed by atoms with Gasteiger partial charge in [-0.25, -0.2) is 4.98 Å². The van der Waals surface area contributed by atoms with Gasteiger partial charge in [0, 0.05) is 16.6 Å². The van der Waals surface area contributed by atoms with Crippen LogP contribution < -0.4 is 5.32 Å². The van der Waals surface area contributed by atoms with E-state index in [1.807, 2.05) is 0 Å². The quantitative estimate of drug-likeness (QED) is 0.936. The summed E-state index contributed by atoms with van der Waals surface area (Å²) in [7, 11) is 0. The van der Waals surface area contributed by atoms with Gasteiger partial charge < -0.3 is 5.32 Å². The molecule has 118 valence electrons. The average molecular weight is 333 g/mol. The van der Waals surface area contributed by atoms with E-state index in [1.165, 1.54) is 23.4 Å². The maximum absolute atomic E-state index is 12.7. The van der Waals surface area contributed by atoms with Crippen molar-refractivity contribution in [1.29, 1.82) is 0 Å². The highest BCUT2D eigenvalue weighted by Crippen LogP contribution is 2.31. The maximum Gasteiger partial charge on any atom is 0.416 e. The number of hydrogen-bond acceptors (Lipinski definition) is 3. The van der Waals surface area contributed by atoms with Crippen molar-refractivity contribution in [3.8, 4) is 0 Å². The zero-order valence-electron chi connectivity index (χ0n) is 11.4. The number of carbonyl (C=O) groups excluding carboxylic acids is 1. The second-order valence-electron chi connectivity index (χ2n) is 4.72. The lowest BCUT2D eigenvalue weighted by molar-refractivity contribution is -0.137. The number of amides is 1. The van der Waals surface area contributed by atoms with Crippen molar-refractivity contribution < 1.29 is 18.0 Å². The molecule has 9 heteroatoms. The third-order valence-corrected chi connectivity index (χ3v) is 3.01. The first-order valence-corrected chi connectivity index (χ1v) is 6.64. The summed E-state index contributed by atoms with van der Waals surface area (Å²) in [6.45, 7) is 2.05. The van der Waals surface area contributed by atoms with Crippen LogP contribution in [-0.4, -0.2) is 26.7 Å². The van der Waals surface area contributed by atoms with Crippen LogP contribution in [0.25, 0.3) is 0 Å². The van der Waals surface area contributed by atoms with E-state index < -0.39 is 17.6 Å². The second-order valence-corrected chi connectivity index (χ2v) is 5.15. The molecule has 1 aromatic carbocycles. The van der Waals surface area contributed by atoms with Gasteiger partial charge in [0.15, 0.2) is 0 Å². The van der Waals surface area contributed by atoms with Crippen molar-refractivity contribution in [2.24, 2.45) is 0 Å². The number of nitrogens with one attached hydrogen (secondary N) is 1. The van der Waals surface area contributed by atoms with E-state index in [9.17, 15) is 18.0 Å². The third kappa shape index (κ3) is 4.20. The van der Waals surface area contributed by atoms with Crippen LogP contribution in [0.4, 0.5) is 13.2 Å². The predicted molar refractivity (Wildman–Crippen MR) is 73.4 cm³/mol. The Balaban J connectivity index is 2.10. The molecule has 1 heterocycles. The van der Waals surface area contributed by atoms with Crippen LogP contribution in [0.15, 0.2) is 30.9 Å². The summed E-state index contributed by atoms with van der Waals surface area (Å²) in [5.74, 6) is -0.638. The number of aromatic nitrogens is 3. The molecular formula is C13H12ClF3N4O. The molecule has 0 aliphatic rings. The summed E-state index contributed by atoms with van der Waals surface area (Å²) < 4.78 is 39.7. The molecular weight excluding hydrogens is 321 g/mol. The van der Waals surface area contributed by atoms with Crippen molar-refractivity contribution in [2.45, 2.75) is 25.7 Å². The Hall–Kier alpha value is -2.09. The molecule has 0 radical (unpaired) electrons. The number of halogens is 4. The minimum absolute atomic E-state index is 0.148. The first-order valence-electron chi connectivity index (χ1n) is 6.27. The van der Waals surface area contributed by atoms with Gasteiger partial charge in [0.05, 0.1) is 12.1 Å². The lowest BCUT2D eigenvalue weighted by atomic mass is 10.1. The fraction of sp³-hybridized carbons (Fsp3) is 0.308. The first-order chi connectivity index (χ1) is 10.3. The van der Waals surface area contributed by atoms with Gasteiger partial charge in [-0.05, 0) is 25.1 Å². The average Bonchev–Trinajstić information content (AvgIpc) is 2.89. The number of hydrogen-bond donors (Lipinski definition) is 1. The summed E-state index contributed by atoms with van der Waals surface area (Å²) in [4.78, 5) is 15.8. The van der Waals surface area contributed by atoms with Gasteiger partial charge in [0.2, 0.25) is 0 Å². The maximum atomic E-state index is 12.7. The lowest BCUT2D eigenvalue weighted by Crippen LogP contribution is -2.36. The number of alkyl halides is 3. The monoisotopic (exact) mass is 332 g/mol. The molecule has 0 aliphatic carbocycles. The van der Waals surface area contributed by atoms with Crippen LogP contribution in [0.2, 0.25) is 5.02 Å². The Morgan fingerprint density at radius 2 is 2.14 bits per heavy atom. The first kappa shape index (κ1) is 16.3. The number of rotatable bonds is 4. The summed E-state index contributed by atoms with van der Waals surface area (Å²) >= 11 is 5.65. The third-order valence-electron chi connectivity index (χ3n) is 2.79. The van der Waals surface area contributed by atoms with E-state index in [0.29, 0.717) is 6.54 Å². The van der Waals surface area contributed by atoms with E-state index in [1.54, 1.807) is 6.92 Å². The number of benzene rings is 1. The zero-order chi connectivity index (χ0) is 16.3. The normalized spacial score (nSPS) is 13.0. The van der Waals surface area contributed by atoms with Gasteiger partial charge >= 0.3 is 6.18 Å². The minimum Gasteiger partial charge on any atom is -0.348 e. The van der Waals surface area contributed by atoms with Crippen molar-refractivity contribution >= 4 is 17.5 Å². The number of carbonyl (C=O) groups is 1. The predicted octanol–water partition coefficient (Wildman–Crippen LogP) is 2.77. The Morgan fingerprint density at radius 1 is 1.41 bits per heavy atom. The molecule has 0 fully saturated rings. The lowest BCUT2D eigenvalue weighted by Gasteiger charge is -2.15. The van der Waals surface area contributed by atoms with Gasteiger partial charge in [-0.15, -0.1) is 0 Å². The Kier molecular flexibility index (Phi) is 4.70. The van der Waals surface area contributed by atoms with Crippen molar-refractivity contribution in [3.63, 3.8) is 0 Å². The molecule has 1 N–H and O–H groups in total. The Bertz CT molecular complexity index is 658. The molecule has 1 atom stereocenters. The molecule has 2 rings (SSSR count). The van der Waals surface area contributed by atoms with Gasteiger partial charge in [-0.2, -0.15) is 18.3 Å². The van der Waals surface area contributed by atoms with Crippen molar-refractivity contribution in [2.75, 3.05) is 0 Å².